The number of benzene rings is 2. The molecule has 0 aliphatic heterocycles. The molecule has 0 fully saturated rings. The molecule has 0 aromatic heterocycles. The van der Waals surface area contributed by atoms with Gasteiger partial charge in [0.05, 0.1) is 6.42 Å². The Morgan fingerprint density at radius 3 is 2.25 bits per heavy atom. The Kier molecular flexibility index (Phi) is 7.58. The standard InChI is InChI=1S/C21H23ClN2O4/c1-13-5-4-6-14(2)19(13)24-20(26)15(3)28-18(25)11-12-23-21(27)16-7-9-17(22)10-8-16/h4-10,15H,11-12H2,1-3H3,(H,23,27)(H,24,26)/t15-/m0/s1. The number of aryl methyl sites for hydroxylation is 2. The van der Waals surface area contributed by atoms with Crippen molar-refractivity contribution in [2.75, 3.05) is 11.9 Å². The Morgan fingerprint density at radius 2 is 1.64 bits per heavy atom. The van der Waals surface area contributed by atoms with Crippen molar-refractivity contribution in [1.82, 2.24) is 5.32 Å². The first-order valence-electron chi connectivity index (χ1n) is 8.88. The maximum absolute atomic E-state index is 12.3. The van der Waals surface area contributed by atoms with Gasteiger partial charge in [-0.15, -0.1) is 0 Å². The number of rotatable bonds is 7. The van der Waals surface area contributed by atoms with Crippen molar-refractivity contribution in [3.63, 3.8) is 0 Å². The van der Waals surface area contributed by atoms with E-state index in [1.54, 1.807) is 24.3 Å². The number of anilines is 1. The number of nitrogens with one attached hydrogen (secondary N) is 2. The van der Waals surface area contributed by atoms with Gasteiger partial charge in [0, 0.05) is 22.8 Å². The van der Waals surface area contributed by atoms with Crippen LogP contribution in [-0.2, 0) is 14.3 Å². The summed E-state index contributed by atoms with van der Waals surface area (Å²) in [5.41, 5.74) is 3.01. The Labute approximate surface area is 169 Å². The maximum atomic E-state index is 12.3. The number of amides is 2. The predicted molar refractivity (Wildman–Crippen MR) is 109 cm³/mol. The second kappa shape index (κ2) is 9.90. The third-order valence-electron chi connectivity index (χ3n) is 4.13. The molecule has 0 unspecified atom stereocenters. The van der Waals surface area contributed by atoms with Gasteiger partial charge in [-0.05, 0) is 56.2 Å². The molecule has 0 bridgehead atoms. The minimum Gasteiger partial charge on any atom is -0.452 e. The predicted octanol–water partition coefficient (Wildman–Crippen LogP) is 3.65. The number of halogens is 1. The Balaban J connectivity index is 1.78. The highest BCUT2D eigenvalue weighted by Crippen LogP contribution is 2.19. The lowest BCUT2D eigenvalue weighted by molar-refractivity contribution is -0.153. The third kappa shape index (κ3) is 6.09. The molecule has 6 nitrogen and oxygen atoms in total. The van der Waals surface area contributed by atoms with Crippen LogP contribution in [0.15, 0.2) is 42.5 Å². The quantitative estimate of drug-likeness (QED) is 0.692. The van der Waals surface area contributed by atoms with E-state index in [-0.39, 0.29) is 18.9 Å². The molecule has 0 saturated carbocycles. The van der Waals surface area contributed by atoms with Crippen LogP contribution in [0.25, 0.3) is 0 Å². The van der Waals surface area contributed by atoms with Gasteiger partial charge in [0.2, 0.25) is 0 Å². The molecule has 0 aliphatic carbocycles. The smallest absolute Gasteiger partial charge is 0.308 e. The minimum absolute atomic E-state index is 0.0413. The summed E-state index contributed by atoms with van der Waals surface area (Å²) in [4.78, 5) is 36.2. The molecule has 0 spiro atoms. The van der Waals surface area contributed by atoms with Crippen LogP contribution in [0, 0.1) is 13.8 Å². The van der Waals surface area contributed by atoms with Crippen molar-refractivity contribution in [3.8, 4) is 0 Å². The summed E-state index contributed by atoms with van der Waals surface area (Å²) < 4.78 is 5.15. The molecule has 2 amide bonds. The monoisotopic (exact) mass is 402 g/mol. The fourth-order valence-corrected chi connectivity index (χ4v) is 2.65. The number of ether oxygens (including phenoxy) is 1. The number of para-hydroxylation sites is 1. The first kappa shape index (κ1) is 21.4. The maximum Gasteiger partial charge on any atom is 0.308 e. The van der Waals surface area contributed by atoms with Crippen LogP contribution in [0.1, 0.15) is 34.8 Å². The van der Waals surface area contributed by atoms with Crippen molar-refractivity contribution < 1.29 is 19.1 Å². The molecule has 0 saturated heterocycles. The molecule has 2 aromatic carbocycles. The Hall–Kier alpha value is -2.86. The van der Waals surface area contributed by atoms with Gasteiger partial charge in [-0.3, -0.25) is 14.4 Å². The molecule has 0 aliphatic rings. The van der Waals surface area contributed by atoms with Crippen molar-refractivity contribution in [2.24, 2.45) is 0 Å². The second-order valence-electron chi connectivity index (χ2n) is 6.40. The number of hydrogen-bond acceptors (Lipinski definition) is 4. The van der Waals surface area contributed by atoms with Crippen molar-refractivity contribution in [3.05, 3.63) is 64.2 Å². The molecule has 0 radical (unpaired) electrons. The van der Waals surface area contributed by atoms with Crippen LogP contribution in [0.4, 0.5) is 5.69 Å². The summed E-state index contributed by atoms with van der Waals surface area (Å²) in [6.07, 6.45) is -0.987. The van der Waals surface area contributed by atoms with Gasteiger partial charge in [-0.25, -0.2) is 0 Å². The van der Waals surface area contributed by atoms with Gasteiger partial charge in [0.1, 0.15) is 0 Å². The van der Waals surface area contributed by atoms with E-state index >= 15 is 0 Å². The zero-order chi connectivity index (χ0) is 20.7. The molecule has 7 heteroatoms. The van der Waals surface area contributed by atoms with Crippen LogP contribution < -0.4 is 10.6 Å². The SMILES string of the molecule is Cc1cccc(C)c1NC(=O)[C@H](C)OC(=O)CCNC(=O)c1ccc(Cl)cc1. The van der Waals surface area contributed by atoms with Gasteiger partial charge in [-0.2, -0.15) is 0 Å². The zero-order valence-corrected chi connectivity index (χ0v) is 16.8. The molecule has 28 heavy (non-hydrogen) atoms. The summed E-state index contributed by atoms with van der Waals surface area (Å²) in [7, 11) is 0. The van der Waals surface area contributed by atoms with Gasteiger partial charge in [0.15, 0.2) is 6.10 Å². The highest BCUT2D eigenvalue weighted by Gasteiger charge is 2.19. The van der Waals surface area contributed by atoms with Gasteiger partial charge < -0.3 is 15.4 Å². The lowest BCUT2D eigenvalue weighted by Crippen LogP contribution is -2.32. The van der Waals surface area contributed by atoms with E-state index in [0.29, 0.717) is 16.3 Å². The van der Waals surface area contributed by atoms with Crippen LogP contribution in [0.2, 0.25) is 5.02 Å². The van der Waals surface area contributed by atoms with Crippen LogP contribution in [0.5, 0.6) is 0 Å². The fourth-order valence-electron chi connectivity index (χ4n) is 2.53. The largest absolute Gasteiger partial charge is 0.452 e. The number of esters is 1. The second-order valence-corrected chi connectivity index (χ2v) is 6.84. The Morgan fingerprint density at radius 1 is 1.04 bits per heavy atom. The van der Waals surface area contributed by atoms with Gasteiger partial charge in [0.25, 0.3) is 11.8 Å². The van der Waals surface area contributed by atoms with E-state index in [4.69, 9.17) is 16.3 Å². The fraction of sp³-hybridized carbons (Fsp3) is 0.286. The lowest BCUT2D eigenvalue weighted by atomic mass is 10.1. The average Bonchev–Trinajstić information content (AvgIpc) is 2.65. The molecule has 148 valence electrons. The van der Waals surface area contributed by atoms with E-state index in [1.807, 2.05) is 32.0 Å². The van der Waals surface area contributed by atoms with E-state index in [1.165, 1.54) is 6.92 Å². The van der Waals surface area contributed by atoms with Gasteiger partial charge in [-0.1, -0.05) is 29.8 Å². The molecule has 1 atom stereocenters. The average molecular weight is 403 g/mol. The van der Waals surface area contributed by atoms with Gasteiger partial charge >= 0.3 is 5.97 Å². The minimum atomic E-state index is -0.946. The highest BCUT2D eigenvalue weighted by atomic mass is 35.5. The van der Waals surface area contributed by atoms with Crippen LogP contribution in [0.3, 0.4) is 0 Å². The van der Waals surface area contributed by atoms with E-state index in [2.05, 4.69) is 10.6 Å². The molecule has 2 aromatic rings. The molecule has 2 rings (SSSR count). The zero-order valence-electron chi connectivity index (χ0n) is 16.0. The number of hydrogen-bond donors (Lipinski definition) is 2. The normalized spacial score (nSPS) is 11.4. The van der Waals surface area contributed by atoms with E-state index < -0.39 is 18.0 Å². The highest BCUT2D eigenvalue weighted by molar-refractivity contribution is 6.30. The first-order chi connectivity index (χ1) is 13.3. The molecule has 0 heterocycles. The number of carbonyl (C=O) groups excluding carboxylic acids is 3. The Bertz CT molecular complexity index is 845. The number of carbonyl (C=O) groups is 3. The lowest BCUT2D eigenvalue weighted by Gasteiger charge is -2.16. The molecular formula is C21H23ClN2O4. The topological polar surface area (TPSA) is 84.5 Å². The summed E-state index contributed by atoms with van der Waals surface area (Å²) in [5.74, 6) is -1.29. The third-order valence-corrected chi connectivity index (χ3v) is 4.38. The van der Waals surface area contributed by atoms with Crippen LogP contribution >= 0.6 is 11.6 Å². The molecule has 2 N–H and O–H groups in total. The van der Waals surface area contributed by atoms with Crippen molar-refractivity contribution in [2.45, 2.75) is 33.3 Å². The van der Waals surface area contributed by atoms with E-state index in [9.17, 15) is 14.4 Å². The van der Waals surface area contributed by atoms with Crippen molar-refractivity contribution >= 4 is 35.1 Å². The summed E-state index contributed by atoms with van der Waals surface area (Å²) in [5, 5.41) is 5.95. The first-order valence-corrected chi connectivity index (χ1v) is 9.26. The van der Waals surface area contributed by atoms with E-state index in [0.717, 1.165) is 11.1 Å². The van der Waals surface area contributed by atoms with Crippen LogP contribution in [-0.4, -0.2) is 30.4 Å². The summed E-state index contributed by atoms with van der Waals surface area (Å²) in [6.45, 7) is 5.39. The summed E-state index contributed by atoms with van der Waals surface area (Å²) >= 11 is 5.78. The molecular weight excluding hydrogens is 380 g/mol. The van der Waals surface area contributed by atoms with Crippen molar-refractivity contribution in [1.29, 1.82) is 0 Å². The summed E-state index contributed by atoms with van der Waals surface area (Å²) in [6, 6.07) is 12.1.